The third-order valence-corrected chi connectivity index (χ3v) is 3.65. The number of nitrogens with one attached hydrogen (secondary N) is 1. The van der Waals surface area contributed by atoms with Crippen molar-refractivity contribution in [3.8, 4) is 0 Å². The molecule has 0 aliphatic carbocycles. The second-order valence-electron chi connectivity index (χ2n) is 5.62. The number of hydrogen-bond acceptors (Lipinski definition) is 2. The van der Waals surface area contributed by atoms with Gasteiger partial charge in [-0.1, -0.05) is 32.9 Å². The van der Waals surface area contributed by atoms with Crippen LogP contribution in [0.25, 0.3) is 0 Å². The van der Waals surface area contributed by atoms with E-state index in [-0.39, 0.29) is 11.8 Å². The van der Waals surface area contributed by atoms with Crippen molar-refractivity contribution in [3.63, 3.8) is 0 Å². The molecule has 1 aromatic rings. The summed E-state index contributed by atoms with van der Waals surface area (Å²) in [5.41, 5.74) is 1.31. The molecule has 0 saturated heterocycles. The SMILES string of the molecule is CCC1NC(=O)c2ccccc2N(CCC(C)C)C1=O. The van der Waals surface area contributed by atoms with Gasteiger partial charge in [-0.2, -0.15) is 0 Å². The predicted octanol–water partition coefficient (Wildman–Crippen LogP) is 2.59. The standard InChI is InChI=1S/C16H22N2O2/c1-4-13-16(20)18(10-9-11(2)3)14-8-6-5-7-12(14)15(19)17-13/h5-8,11,13H,4,9-10H2,1-3H3,(H,17,19). The van der Waals surface area contributed by atoms with E-state index in [1.807, 2.05) is 25.1 Å². The molecule has 4 nitrogen and oxygen atoms in total. The quantitative estimate of drug-likeness (QED) is 0.917. The number of nitrogens with zero attached hydrogens (tertiary/aromatic N) is 1. The molecule has 4 heteroatoms. The van der Waals surface area contributed by atoms with E-state index in [0.717, 1.165) is 12.1 Å². The average molecular weight is 274 g/mol. The monoisotopic (exact) mass is 274 g/mol. The van der Waals surface area contributed by atoms with Crippen LogP contribution in [-0.2, 0) is 4.79 Å². The van der Waals surface area contributed by atoms with Gasteiger partial charge in [-0.05, 0) is 30.9 Å². The van der Waals surface area contributed by atoms with E-state index in [2.05, 4.69) is 19.2 Å². The van der Waals surface area contributed by atoms with E-state index in [9.17, 15) is 9.59 Å². The molecule has 2 rings (SSSR count). The van der Waals surface area contributed by atoms with Crippen LogP contribution in [0.3, 0.4) is 0 Å². The summed E-state index contributed by atoms with van der Waals surface area (Å²) in [4.78, 5) is 26.6. The maximum Gasteiger partial charge on any atom is 0.254 e. The number of carbonyl (C=O) groups is 2. The molecule has 1 atom stereocenters. The molecular formula is C16H22N2O2. The van der Waals surface area contributed by atoms with Crippen LogP contribution < -0.4 is 10.2 Å². The fourth-order valence-corrected chi connectivity index (χ4v) is 2.40. The number of para-hydroxylation sites is 1. The highest BCUT2D eigenvalue weighted by Gasteiger charge is 2.32. The van der Waals surface area contributed by atoms with E-state index < -0.39 is 6.04 Å². The highest BCUT2D eigenvalue weighted by Crippen LogP contribution is 2.25. The van der Waals surface area contributed by atoms with Gasteiger partial charge in [0.1, 0.15) is 6.04 Å². The van der Waals surface area contributed by atoms with Gasteiger partial charge in [-0.15, -0.1) is 0 Å². The molecule has 0 spiro atoms. The second kappa shape index (κ2) is 6.07. The van der Waals surface area contributed by atoms with E-state index in [0.29, 0.717) is 24.4 Å². The summed E-state index contributed by atoms with van der Waals surface area (Å²) in [7, 11) is 0. The molecule has 0 fully saturated rings. The summed E-state index contributed by atoms with van der Waals surface area (Å²) >= 11 is 0. The maximum atomic E-state index is 12.6. The van der Waals surface area contributed by atoms with Crippen molar-refractivity contribution in [3.05, 3.63) is 29.8 Å². The largest absolute Gasteiger partial charge is 0.340 e. The van der Waals surface area contributed by atoms with E-state index >= 15 is 0 Å². The molecule has 0 radical (unpaired) electrons. The van der Waals surface area contributed by atoms with Crippen LogP contribution in [0.4, 0.5) is 5.69 Å². The van der Waals surface area contributed by atoms with Crippen LogP contribution in [0.2, 0.25) is 0 Å². The van der Waals surface area contributed by atoms with Gasteiger partial charge in [0.15, 0.2) is 0 Å². The van der Waals surface area contributed by atoms with Crippen LogP contribution in [0, 0.1) is 5.92 Å². The Hall–Kier alpha value is -1.84. The summed E-state index contributed by atoms with van der Waals surface area (Å²) in [5, 5.41) is 2.82. The summed E-state index contributed by atoms with van der Waals surface area (Å²) in [6, 6.07) is 6.90. The van der Waals surface area contributed by atoms with Crippen molar-refractivity contribution in [2.24, 2.45) is 5.92 Å². The van der Waals surface area contributed by atoms with Crippen molar-refractivity contribution >= 4 is 17.5 Å². The molecular weight excluding hydrogens is 252 g/mol. The Morgan fingerprint density at radius 3 is 2.60 bits per heavy atom. The molecule has 0 saturated carbocycles. The molecule has 2 amide bonds. The van der Waals surface area contributed by atoms with Crippen LogP contribution >= 0.6 is 0 Å². The minimum absolute atomic E-state index is 0.00792. The van der Waals surface area contributed by atoms with E-state index in [4.69, 9.17) is 0 Å². The lowest BCUT2D eigenvalue weighted by Crippen LogP contribution is -2.45. The number of carbonyl (C=O) groups excluding carboxylic acids is 2. The Morgan fingerprint density at radius 1 is 1.25 bits per heavy atom. The minimum Gasteiger partial charge on any atom is -0.340 e. The Labute approximate surface area is 120 Å². The maximum absolute atomic E-state index is 12.6. The Morgan fingerprint density at radius 2 is 1.95 bits per heavy atom. The van der Waals surface area contributed by atoms with E-state index in [1.54, 1.807) is 11.0 Å². The average Bonchev–Trinajstić information content (AvgIpc) is 2.53. The van der Waals surface area contributed by atoms with Crippen LogP contribution in [-0.4, -0.2) is 24.4 Å². The smallest absolute Gasteiger partial charge is 0.254 e. The first kappa shape index (κ1) is 14.6. The van der Waals surface area contributed by atoms with E-state index in [1.165, 1.54) is 0 Å². The van der Waals surface area contributed by atoms with Crippen molar-refractivity contribution in [2.45, 2.75) is 39.7 Å². The van der Waals surface area contributed by atoms with Gasteiger partial charge in [-0.3, -0.25) is 9.59 Å². The lowest BCUT2D eigenvalue weighted by molar-refractivity contribution is -0.120. The van der Waals surface area contributed by atoms with Crippen LogP contribution in [0.5, 0.6) is 0 Å². The lowest BCUT2D eigenvalue weighted by Gasteiger charge is -2.25. The fourth-order valence-electron chi connectivity index (χ4n) is 2.40. The first-order valence-corrected chi connectivity index (χ1v) is 7.25. The Kier molecular flexibility index (Phi) is 4.42. The zero-order valence-corrected chi connectivity index (χ0v) is 12.3. The molecule has 0 bridgehead atoms. The third-order valence-electron chi connectivity index (χ3n) is 3.65. The molecule has 1 heterocycles. The topological polar surface area (TPSA) is 49.4 Å². The molecule has 1 aromatic carbocycles. The summed E-state index contributed by atoms with van der Waals surface area (Å²) in [6.07, 6.45) is 1.53. The van der Waals surface area contributed by atoms with Crippen molar-refractivity contribution in [2.75, 3.05) is 11.4 Å². The summed E-state index contributed by atoms with van der Waals surface area (Å²) in [6.45, 7) is 6.84. The van der Waals surface area contributed by atoms with Crippen molar-refractivity contribution < 1.29 is 9.59 Å². The Bertz CT molecular complexity index is 511. The number of hydrogen-bond donors (Lipinski definition) is 1. The molecule has 1 aliphatic heterocycles. The van der Waals surface area contributed by atoms with Gasteiger partial charge in [0.2, 0.25) is 5.91 Å². The van der Waals surface area contributed by atoms with Gasteiger partial charge in [-0.25, -0.2) is 0 Å². The number of anilines is 1. The zero-order chi connectivity index (χ0) is 14.7. The molecule has 20 heavy (non-hydrogen) atoms. The van der Waals surface area contributed by atoms with Gasteiger partial charge >= 0.3 is 0 Å². The highest BCUT2D eigenvalue weighted by atomic mass is 16.2. The third kappa shape index (κ3) is 2.84. The zero-order valence-electron chi connectivity index (χ0n) is 12.3. The molecule has 0 aromatic heterocycles. The first-order chi connectivity index (χ1) is 9.54. The second-order valence-corrected chi connectivity index (χ2v) is 5.62. The number of amides is 2. The van der Waals surface area contributed by atoms with Crippen LogP contribution in [0.1, 0.15) is 44.0 Å². The van der Waals surface area contributed by atoms with Crippen LogP contribution in [0.15, 0.2) is 24.3 Å². The van der Waals surface area contributed by atoms with Gasteiger partial charge in [0.25, 0.3) is 5.91 Å². The van der Waals surface area contributed by atoms with Crippen molar-refractivity contribution in [1.29, 1.82) is 0 Å². The number of fused-ring (bicyclic) bond motifs is 1. The van der Waals surface area contributed by atoms with Crippen molar-refractivity contribution in [1.82, 2.24) is 5.32 Å². The molecule has 108 valence electrons. The predicted molar refractivity (Wildman–Crippen MR) is 79.8 cm³/mol. The normalized spacial score (nSPS) is 18.8. The lowest BCUT2D eigenvalue weighted by atomic mass is 10.1. The summed E-state index contributed by atoms with van der Waals surface area (Å²) in [5.74, 6) is 0.348. The minimum atomic E-state index is -0.429. The molecule has 1 unspecified atom stereocenters. The van der Waals surface area contributed by atoms with Gasteiger partial charge in [0.05, 0.1) is 11.3 Å². The Balaban J connectivity index is 2.40. The fraction of sp³-hybridized carbons (Fsp3) is 0.500. The first-order valence-electron chi connectivity index (χ1n) is 7.25. The molecule has 1 N–H and O–H groups in total. The van der Waals surface area contributed by atoms with Gasteiger partial charge < -0.3 is 10.2 Å². The number of benzene rings is 1. The summed E-state index contributed by atoms with van der Waals surface area (Å²) < 4.78 is 0. The molecule has 1 aliphatic rings. The highest BCUT2D eigenvalue weighted by molar-refractivity contribution is 6.10. The number of rotatable bonds is 4. The van der Waals surface area contributed by atoms with Gasteiger partial charge in [0, 0.05) is 6.54 Å².